The summed E-state index contributed by atoms with van der Waals surface area (Å²) in [4.78, 5) is 17.2. The summed E-state index contributed by atoms with van der Waals surface area (Å²) in [6, 6.07) is 8.35. The maximum Gasteiger partial charge on any atom is 0.223 e. The Morgan fingerprint density at radius 3 is 2.80 bits per heavy atom. The fourth-order valence-electron chi connectivity index (χ4n) is 3.86. The minimum Gasteiger partial charge on any atom is -0.353 e. The molecule has 2 N–H and O–H groups in total. The fourth-order valence-corrected chi connectivity index (χ4v) is 4.96. The number of hydrogen-bond donors (Lipinski definition) is 2. The van der Waals surface area contributed by atoms with E-state index in [1.54, 1.807) is 11.3 Å². The lowest BCUT2D eigenvalue weighted by Crippen LogP contribution is -2.38. The van der Waals surface area contributed by atoms with Gasteiger partial charge in [0.2, 0.25) is 5.91 Å². The van der Waals surface area contributed by atoms with Crippen LogP contribution in [-0.2, 0) is 11.2 Å². The summed E-state index contributed by atoms with van der Waals surface area (Å²) >= 11 is 1.73. The van der Waals surface area contributed by atoms with Crippen molar-refractivity contribution < 1.29 is 4.79 Å². The molecule has 1 aromatic carbocycles. The number of para-hydroxylation sites is 1. The fraction of sp³-hybridized carbons (Fsp3) is 0.556. The first-order valence-corrected chi connectivity index (χ1v) is 9.33. The number of thiazole rings is 1. The van der Waals surface area contributed by atoms with Gasteiger partial charge in [0.15, 0.2) is 0 Å². The van der Waals surface area contributed by atoms with Crippen LogP contribution in [0.25, 0.3) is 10.2 Å². The van der Waals surface area contributed by atoms with Crippen LogP contribution in [0.4, 0.5) is 0 Å². The topological polar surface area (TPSA) is 54.0 Å². The molecule has 2 aromatic rings. The number of piperidine rings is 1. The Balaban J connectivity index is 0.00000113. The lowest BCUT2D eigenvalue weighted by atomic mass is 9.91. The molecule has 2 atom stereocenters. The normalized spacial score (nSPS) is 21.9. The molecule has 2 aliphatic rings. The van der Waals surface area contributed by atoms with E-state index in [9.17, 15) is 4.79 Å². The lowest BCUT2D eigenvalue weighted by molar-refractivity contribution is -0.123. The Kier molecular flexibility index (Phi) is 6.71. The first kappa shape index (κ1) is 20.4. The zero-order valence-electron chi connectivity index (χ0n) is 14.3. The summed E-state index contributed by atoms with van der Waals surface area (Å²) in [6.07, 6.45) is 4.19. The molecule has 1 aliphatic heterocycles. The molecule has 1 aliphatic carbocycles. The Morgan fingerprint density at radius 1 is 1.36 bits per heavy atom. The van der Waals surface area contributed by atoms with E-state index in [1.807, 2.05) is 18.2 Å². The van der Waals surface area contributed by atoms with E-state index in [1.165, 1.54) is 4.70 Å². The molecule has 1 spiro atoms. The van der Waals surface area contributed by atoms with Gasteiger partial charge in [-0.05, 0) is 56.8 Å². The van der Waals surface area contributed by atoms with Crippen LogP contribution in [0.2, 0.25) is 0 Å². The number of benzene rings is 1. The molecule has 2 unspecified atom stereocenters. The van der Waals surface area contributed by atoms with E-state index in [2.05, 4.69) is 28.6 Å². The molecule has 7 heteroatoms. The van der Waals surface area contributed by atoms with Crippen LogP contribution in [0, 0.1) is 11.3 Å². The van der Waals surface area contributed by atoms with Crippen LogP contribution in [0.5, 0.6) is 0 Å². The van der Waals surface area contributed by atoms with Crippen molar-refractivity contribution in [3.05, 3.63) is 29.3 Å². The van der Waals surface area contributed by atoms with E-state index < -0.39 is 0 Å². The van der Waals surface area contributed by atoms with Crippen molar-refractivity contribution in [2.45, 2.75) is 38.6 Å². The average molecular weight is 402 g/mol. The summed E-state index contributed by atoms with van der Waals surface area (Å²) in [5, 5.41) is 7.70. The molecular weight excluding hydrogens is 377 g/mol. The molecular formula is C18H25Cl2N3OS. The third-order valence-corrected chi connectivity index (χ3v) is 6.37. The van der Waals surface area contributed by atoms with Gasteiger partial charge >= 0.3 is 0 Å². The van der Waals surface area contributed by atoms with Gasteiger partial charge in [0.1, 0.15) is 0 Å². The largest absolute Gasteiger partial charge is 0.353 e. The zero-order valence-corrected chi connectivity index (χ0v) is 16.7. The number of nitrogens with one attached hydrogen (secondary N) is 2. The molecule has 1 aromatic heterocycles. The monoisotopic (exact) mass is 401 g/mol. The third kappa shape index (κ3) is 4.27. The SMILES string of the molecule is CC(Cc1nc2ccccc2s1)NC(=O)C1CC12CCNCC2.Cl.Cl. The van der Waals surface area contributed by atoms with Crippen molar-refractivity contribution in [2.24, 2.45) is 11.3 Å². The van der Waals surface area contributed by atoms with Crippen LogP contribution < -0.4 is 10.6 Å². The van der Waals surface area contributed by atoms with E-state index in [0.29, 0.717) is 5.41 Å². The summed E-state index contributed by atoms with van der Waals surface area (Å²) in [5.41, 5.74) is 1.37. The highest BCUT2D eigenvalue weighted by Crippen LogP contribution is 2.58. The molecule has 2 fully saturated rings. The smallest absolute Gasteiger partial charge is 0.223 e. The number of rotatable bonds is 4. The lowest BCUT2D eigenvalue weighted by Gasteiger charge is -2.23. The molecule has 2 heterocycles. The number of fused-ring (bicyclic) bond motifs is 1. The van der Waals surface area contributed by atoms with Crippen molar-refractivity contribution in [3.8, 4) is 0 Å². The van der Waals surface area contributed by atoms with Gasteiger partial charge < -0.3 is 10.6 Å². The van der Waals surface area contributed by atoms with Gasteiger partial charge in [0.05, 0.1) is 15.2 Å². The van der Waals surface area contributed by atoms with Crippen LogP contribution in [0.15, 0.2) is 24.3 Å². The predicted octanol–water partition coefficient (Wildman–Crippen LogP) is 3.58. The second-order valence-electron chi connectivity index (χ2n) is 7.06. The summed E-state index contributed by atoms with van der Waals surface area (Å²) in [6.45, 7) is 4.21. The number of amides is 1. The van der Waals surface area contributed by atoms with Crippen molar-refractivity contribution in [1.82, 2.24) is 15.6 Å². The Labute approximate surface area is 165 Å². The van der Waals surface area contributed by atoms with E-state index in [0.717, 1.165) is 49.3 Å². The molecule has 1 saturated carbocycles. The van der Waals surface area contributed by atoms with Gasteiger partial charge in [0, 0.05) is 18.4 Å². The van der Waals surface area contributed by atoms with Crippen molar-refractivity contribution in [3.63, 3.8) is 0 Å². The van der Waals surface area contributed by atoms with Gasteiger partial charge in [0.25, 0.3) is 0 Å². The standard InChI is InChI=1S/C18H23N3OS.2ClH/c1-12(10-16-21-14-4-2-3-5-15(14)23-16)20-17(22)13-11-18(13)6-8-19-9-7-18;;/h2-5,12-13,19H,6-11H2,1H3,(H,20,22);2*1H. The van der Waals surface area contributed by atoms with Gasteiger partial charge in [-0.15, -0.1) is 36.2 Å². The maximum absolute atomic E-state index is 12.5. The van der Waals surface area contributed by atoms with Gasteiger partial charge in [-0.1, -0.05) is 12.1 Å². The van der Waals surface area contributed by atoms with E-state index >= 15 is 0 Å². The van der Waals surface area contributed by atoms with Gasteiger partial charge in [-0.25, -0.2) is 4.98 Å². The first-order chi connectivity index (χ1) is 11.2. The Hall–Kier alpha value is -0.880. The minimum absolute atomic E-state index is 0. The molecule has 4 rings (SSSR count). The zero-order chi connectivity index (χ0) is 15.9. The quantitative estimate of drug-likeness (QED) is 0.822. The summed E-state index contributed by atoms with van der Waals surface area (Å²) in [5.74, 6) is 0.489. The number of carbonyl (C=O) groups is 1. The highest BCUT2D eigenvalue weighted by atomic mass is 35.5. The number of hydrogen-bond acceptors (Lipinski definition) is 4. The predicted molar refractivity (Wildman–Crippen MR) is 108 cm³/mol. The van der Waals surface area contributed by atoms with Gasteiger partial charge in [-0.2, -0.15) is 0 Å². The van der Waals surface area contributed by atoms with Crippen LogP contribution >= 0.6 is 36.2 Å². The maximum atomic E-state index is 12.5. The second kappa shape index (κ2) is 8.21. The molecule has 25 heavy (non-hydrogen) atoms. The van der Waals surface area contributed by atoms with E-state index in [4.69, 9.17) is 0 Å². The van der Waals surface area contributed by atoms with E-state index in [-0.39, 0.29) is 42.7 Å². The average Bonchev–Trinajstić information content (AvgIpc) is 3.07. The van der Waals surface area contributed by atoms with Crippen molar-refractivity contribution >= 4 is 52.3 Å². The molecule has 4 nitrogen and oxygen atoms in total. The Morgan fingerprint density at radius 2 is 2.08 bits per heavy atom. The highest BCUT2D eigenvalue weighted by Gasteiger charge is 2.57. The molecule has 0 bridgehead atoms. The molecule has 1 saturated heterocycles. The summed E-state index contributed by atoms with van der Waals surface area (Å²) < 4.78 is 1.22. The molecule has 138 valence electrons. The Bertz CT molecular complexity index is 697. The van der Waals surface area contributed by atoms with Gasteiger partial charge in [-0.3, -0.25) is 4.79 Å². The third-order valence-electron chi connectivity index (χ3n) is 5.31. The number of halogens is 2. The van der Waals surface area contributed by atoms with Crippen molar-refractivity contribution in [2.75, 3.05) is 13.1 Å². The van der Waals surface area contributed by atoms with Crippen molar-refractivity contribution in [1.29, 1.82) is 0 Å². The number of aromatic nitrogens is 1. The summed E-state index contributed by atoms with van der Waals surface area (Å²) in [7, 11) is 0. The first-order valence-electron chi connectivity index (χ1n) is 8.52. The minimum atomic E-state index is 0. The van der Waals surface area contributed by atoms with Crippen LogP contribution in [0.1, 0.15) is 31.2 Å². The highest BCUT2D eigenvalue weighted by molar-refractivity contribution is 7.18. The second-order valence-corrected chi connectivity index (χ2v) is 8.17. The molecule has 1 amide bonds. The number of nitrogens with zero attached hydrogens (tertiary/aromatic N) is 1. The number of carbonyl (C=O) groups excluding carboxylic acids is 1. The van der Waals surface area contributed by atoms with Crippen LogP contribution in [0.3, 0.4) is 0 Å². The van der Waals surface area contributed by atoms with Crippen LogP contribution in [-0.4, -0.2) is 30.0 Å². The molecule has 0 radical (unpaired) electrons.